The Balaban J connectivity index is 2.00. The Hall–Kier alpha value is -1.65. The number of pyridine rings is 1. The number of nitrogens with zero attached hydrogens (tertiary/aromatic N) is 1. The van der Waals surface area contributed by atoms with Gasteiger partial charge in [0.2, 0.25) is 0 Å². The number of hydrogen-bond donors (Lipinski definition) is 1. The van der Waals surface area contributed by atoms with E-state index in [0.717, 1.165) is 5.56 Å². The molecule has 92 valence electrons. The molecule has 0 aliphatic carbocycles. The summed E-state index contributed by atoms with van der Waals surface area (Å²) in [5, 5.41) is 0.693. The fourth-order valence-corrected chi connectivity index (χ4v) is 1.74. The zero-order valence-corrected chi connectivity index (χ0v) is 11.0. The predicted octanol–water partition coefficient (Wildman–Crippen LogP) is 2.95. The average Bonchev–Trinajstić information content (AvgIpc) is 2.37. The molecule has 0 saturated heterocycles. The van der Waals surface area contributed by atoms with Gasteiger partial charge in [-0.3, -0.25) is 0 Å². The molecule has 1 aromatic heterocycles. The van der Waals surface area contributed by atoms with Crippen LogP contribution in [0.15, 0.2) is 42.6 Å². The van der Waals surface area contributed by atoms with Gasteiger partial charge in [-0.25, -0.2) is 4.98 Å². The topological polar surface area (TPSA) is 48.1 Å². The van der Waals surface area contributed by atoms with Crippen molar-refractivity contribution in [1.82, 2.24) is 4.98 Å². The van der Waals surface area contributed by atoms with Gasteiger partial charge >= 0.3 is 0 Å². The molecule has 0 saturated carbocycles. The third-order valence-corrected chi connectivity index (χ3v) is 2.73. The van der Waals surface area contributed by atoms with Crippen molar-refractivity contribution in [3.8, 4) is 5.75 Å². The molecular formula is C13H11ClN2OS. The van der Waals surface area contributed by atoms with Gasteiger partial charge in [0.05, 0.1) is 11.9 Å². The van der Waals surface area contributed by atoms with E-state index in [0.29, 0.717) is 23.1 Å². The van der Waals surface area contributed by atoms with Crippen molar-refractivity contribution in [2.45, 2.75) is 6.61 Å². The van der Waals surface area contributed by atoms with Crippen LogP contribution in [0.2, 0.25) is 5.02 Å². The van der Waals surface area contributed by atoms with Gasteiger partial charge < -0.3 is 10.5 Å². The van der Waals surface area contributed by atoms with Gasteiger partial charge in [-0.05, 0) is 29.8 Å². The Labute approximate surface area is 116 Å². The maximum atomic E-state index is 5.89. The van der Waals surface area contributed by atoms with Crippen LogP contribution in [0, 0.1) is 0 Å². The highest BCUT2D eigenvalue weighted by Crippen LogP contribution is 2.14. The van der Waals surface area contributed by atoms with E-state index in [1.165, 1.54) is 0 Å². The van der Waals surface area contributed by atoms with Gasteiger partial charge in [0.1, 0.15) is 17.3 Å². The average molecular weight is 279 g/mol. The Morgan fingerprint density at radius 1 is 1.33 bits per heavy atom. The van der Waals surface area contributed by atoms with Crippen LogP contribution in [-0.4, -0.2) is 9.97 Å². The van der Waals surface area contributed by atoms with E-state index in [1.54, 1.807) is 18.3 Å². The lowest BCUT2D eigenvalue weighted by Gasteiger charge is -2.06. The molecule has 0 aliphatic rings. The molecule has 0 radical (unpaired) electrons. The van der Waals surface area contributed by atoms with Gasteiger partial charge in [0.25, 0.3) is 0 Å². The number of nitrogens with two attached hydrogens (primary N) is 1. The molecule has 5 heteroatoms. The van der Waals surface area contributed by atoms with Crippen molar-refractivity contribution in [3.63, 3.8) is 0 Å². The summed E-state index contributed by atoms with van der Waals surface area (Å²) in [5.41, 5.74) is 7.04. The smallest absolute Gasteiger partial charge is 0.138 e. The van der Waals surface area contributed by atoms with E-state index in [9.17, 15) is 0 Å². The summed E-state index contributed by atoms with van der Waals surface area (Å²) in [5.74, 6) is 0.662. The Kier molecular flexibility index (Phi) is 4.12. The highest BCUT2D eigenvalue weighted by atomic mass is 35.5. The maximum Gasteiger partial charge on any atom is 0.138 e. The SMILES string of the molecule is NC(=S)c1ccc(OCc2cccc(Cl)c2)cn1. The lowest BCUT2D eigenvalue weighted by molar-refractivity contribution is 0.305. The standard InChI is InChI=1S/C13H11ClN2OS/c14-10-3-1-2-9(6-10)8-17-11-4-5-12(13(15)18)16-7-11/h1-7H,8H2,(H2,15,18). The molecule has 0 spiro atoms. The third kappa shape index (κ3) is 3.42. The van der Waals surface area contributed by atoms with Crippen LogP contribution >= 0.6 is 23.8 Å². The number of hydrogen-bond acceptors (Lipinski definition) is 3. The van der Waals surface area contributed by atoms with Crippen LogP contribution in [0.3, 0.4) is 0 Å². The van der Waals surface area contributed by atoms with Crippen molar-refractivity contribution in [2.75, 3.05) is 0 Å². The zero-order chi connectivity index (χ0) is 13.0. The van der Waals surface area contributed by atoms with Crippen LogP contribution in [-0.2, 0) is 6.61 Å². The monoisotopic (exact) mass is 278 g/mol. The predicted molar refractivity (Wildman–Crippen MR) is 75.9 cm³/mol. The Morgan fingerprint density at radius 2 is 2.17 bits per heavy atom. The summed E-state index contributed by atoms with van der Waals surface area (Å²) in [6.45, 7) is 0.439. The first kappa shape index (κ1) is 12.8. The third-order valence-electron chi connectivity index (χ3n) is 2.28. The highest BCUT2D eigenvalue weighted by molar-refractivity contribution is 7.80. The van der Waals surface area contributed by atoms with Crippen LogP contribution < -0.4 is 10.5 Å². The van der Waals surface area contributed by atoms with Crippen LogP contribution in [0.5, 0.6) is 5.75 Å². The second-order valence-electron chi connectivity index (χ2n) is 3.66. The molecule has 2 N–H and O–H groups in total. The van der Waals surface area contributed by atoms with Gasteiger partial charge in [-0.1, -0.05) is 36.0 Å². The molecule has 0 amide bonds. The molecule has 2 rings (SSSR count). The minimum absolute atomic E-state index is 0.274. The second kappa shape index (κ2) is 5.80. The minimum Gasteiger partial charge on any atom is -0.487 e. The van der Waals surface area contributed by atoms with E-state index in [4.69, 9.17) is 34.3 Å². The van der Waals surface area contributed by atoms with Gasteiger partial charge in [-0.15, -0.1) is 0 Å². The number of aromatic nitrogens is 1. The van der Waals surface area contributed by atoms with Gasteiger partial charge in [0, 0.05) is 5.02 Å². The van der Waals surface area contributed by atoms with Crippen molar-refractivity contribution >= 4 is 28.8 Å². The number of rotatable bonds is 4. The molecule has 0 fully saturated rings. The maximum absolute atomic E-state index is 5.89. The normalized spacial score (nSPS) is 10.1. The Morgan fingerprint density at radius 3 is 2.78 bits per heavy atom. The molecule has 18 heavy (non-hydrogen) atoms. The van der Waals surface area contributed by atoms with Crippen LogP contribution in [0.25, 0.3) is 0 Å². The van der Waals surface area contributed by atoms with Gasteiger partial charge in [0.15, 0.2) is 0 Å². The minimum atomic E-state index is 0.274. The number of thiocarbonyl (C=S) groups is 1. The van der Waals surface area contributed by atoms with E-state index in [2.05, 4.69) is 4.98 Å². The summed E-state index contributed by atoms with van der Waals surface area (Å²) in [6.07, 6.45) is 1.60. The fraction of sp³-hybridized carbons (Fsp3) is 0.0769. The molecular weight excluding hydrogens is 268 g/mol. The van der Waals surface area contributed by atoms with Crippen LogP contribution in [0.4, 0.5) is 0 Å². The first-order valence-corrected chi connectivity index (χ1v) is 6.07. The molecule has 0 bridgehead atoms. The quantitative estimate of drug-likeness (QED) is 0.874. The highest BCUT2D eigenvalue weighted by Gasteiger charge is 2.00. The van der Waals surface area contributed by atoms with Crippen molar-refractivity contribution in [2.24, 2.45) is 5.73 Å². The van der Waals surface area contributed by atoms with Crippen molar-refractivity contribution in [3.05, 3.63) is 58.9 Å². The molecule has 2 aromatic rings. The summed E-state index contributed by atoms with van der Waals surface area (Å²) >= 11 is 10.7. The molecule has 1 aromatic carbocycles. The van der Waals surface area contributed by atoms with E-state index in [-0.39, 0.29) is 4.99 Å². The summed E-state index contributed by atoms with van der Waals surface area (Å²) in [7, 11) is 0. The van der Waals surface area contributed by atoms with E-state index >= 15 is 0 Å². The van der Waals surface area contributed by atoms with Gasteiger partial charge in [-0.2, -0.15) is 0 Å². The molecule has 0 aliphatic heterocycles. The molecule has 3 nitrogen and oxygen atoms in total. The first-order chi connectivity index (χ1) is 8.65. The lowest BCUT2D eigenvalue weighted by Crippen LogP contribution is -2.11. The number of ether oxygens (including phenoxy) is 1. The molecule has 0 unspecified atom stereocenters. The van der Waals surface area contributed by atoms with Crippen molar-refractivity contribution in [1.29, 1.82) is 0 Å². The summed E-state index contributed by atoms with van der Waals surface area (Å²) in [6, 6.07) is 11.0. The van der Waals surface area contributed by atoms with E-state index < -0.39 is 0 Å². The lowest BCUT2D eigenvalue weighted by atomic mass is 10.2. The molecule has 1 heterocycles. The number of halogens is 1. The second-order valence-corrected chi connectivity index (χ2v) is 4.54. The first-order valence-electron chi connectivity index (χ1n) is 5.28. The largest absolute Gasteiger partial charge is 0.487 e. The zero-order valence-electron chi connectivity index (χ0n) is 9.47. The summed E-state index contributed by atoms with van der Waals surface area (Å²) < 4.78 is 5.58. The van der Waals surface area contributed by atoms with Crippen LogP contribution in [0.1, 0.15) is 11.3 Å². The fourth-order valence-electron chi connectivity index (χ4n) is 1.40. The van der Waals surface area contributed by atoms with Crippen molar-refractivity contribution < 1.29 is 4.74 Å². The Bertz CT molecular complexity index is 557. The number of benzene rings is 1. The summed E-state index contributed by atoms with van der Waals surface area (Å²) in [4.78, 5) is 4.37. The molecule has 0 atom stereocenters. The van der Waals surface area contributed by atoms with E-state index in [1.807, 2.05) is 24.3 Å².